The van der Waals surface area contributed by atoms with Crippen LogP contribution in [0.5, 0.6) is 0 Å². The Morgan fingerprint density at radius 3 is 2.36 bits per heavy atom. The highest BCUT2D eigenvalue weighted by atomic mass is 35.5. The molecule has 0 spiro atoms. The zero-order chi connectivity index (χ0) is 20.5. The van der Waals surface area contributed by atoms with Crippen molar-refractivity contribution < 1.29 is 17.6 Å². The lowest BCUT2D eigenvalue weighted by Gasteiger charge is -2.09. The van der Waals surface area contributed by atoms with Crippen LogP contribution in [-0.2, 0) is 6.18 Å². The Balaban J connectivity index is 2.00. The number of benzene rings is 2. The van der Waals surface area contributed by atoms with Crippen molar-refractivity contribution in [3.05, 3.63) is 80.5 Å². The molecule has 0 bridgehead atoms. The van der Waals surface area contributed by atoms with Crippen molar-refractivity contribution in [1.29, 1.82) is 5.26 Å². The van der Waals surface area contributed by atoms with E-state index in [1.165, 1.54) is 24.3 Å². The summed E-state index contributed by atoms with van der Waals surface area (Å²) in [6.45, 7) is 0. The van der Waals surface area contributed by atoms with Gasteiger partial charge in [0.1, 0.15) is 11.5 Å². The number of hydrogen-bond acceptors (Lipinski definition) is 2. The first-order valence-corrected chi connectivity index (χ1v) is 8.86. The zero-order valence-electron chi connectivity index (χ0n) is 13.8. The minimum Gasteiger partial charge on any atom is -0.457 e. The molecule has 2 aromatic carbocycles. The largest absolute Gasteiger partial charge is 0.457 e. The number of hydrogen-bond donors (Lipinski definition) is 0. The molecular weight excluding hydrogens is 434 g/mol. The molecule has 0 aliphatic rings. The molecule has 3 rings (SSSR count). The number of allylic oxidation sites excluding steroid dienone is 1. The summed E-state index contributed by atoms with van der Waals surface area (Å²) >= 11 is 18.0. The molecule has 0 saturated heterocycles. The average Bonchev–Trinajstić information content (AvgIpc) is 3.08. The molecule has 8 heteroatoms. The number of nitrogens with zero attached hydrogens (tertiary/aromatic N) is 1. The molecule has 0 N–H and O–H groups in total. The minimum atomic E-state index is -4.51. The van der Waals surface area contributed by atoms with E-state index >= 15 is 0 Å². The second kappa shape index (κ2) is 7.92. The molecule has 0 atom stereocenters. The summed E-state index contributed by atoms with van der Waals surface area (Å²) in [4.78, 5) is 0. The molecule has 0 fully saturated rings. The third-order valence-corrected chi connectivity index (χ3v) is 4.69. The molecular formula is C20H9Cl3F3NO. The molecule has 142 valence electrons. The van der Waals surface area contributed by atoms with Crippen LogP contribution in [0, 0.1) is 11.3 Å². The van der Waals surface area contributed by atoms with Gasteiger partial charge in [0.25, 0.3) is 0 Å². The maximum atomic E-state index is 13.0. The van der Waals surface area contributed by atoms with Gasteiger partial charge in [-0.3, -0.25) is 0 Å². The summed E-state index contributed by atoms with van der Waals surface area (Å²) in [6.07, 6.45) is -3.08. The molecule has 0 unspecified atom stereocenters. The van der Waals surface area contributed by atoms with Gasteiger partial charge in [-0.1, -0.05) is 40.9 Å². The topological polar surface area (TPSA) is 36.9 Å². The lowest BCUT2D eigenvalue weighted by atomic mass is 10.1. The van der Waals surface area contributed by atoms with Crippen molar-refractivity contribution in [2.75, 3.05) is 0 Å². The Morgan fingerprint density at radius 1 is 0.964 bits per heavy atom. The van der Waals surface area contributed by atoms with Crippen molar-refractivity contribution in [3.63, 3.8) is 0 Å². The molecule has 0 amide bonds. The van der Waals surface area contributed by atoms with Crippen LogP contribution >= 0.6 is 34.8 Å². The second-order valence-electron chi connectivity index (χ2n) is 5.69. The summed E-state index contributed by atoms with van der Waals surface area (Å²) < 4.78 is 44.4. The van der Waals surface area contributed by atoms with Gasteiger partial charge in [-0.25, -0.2) is 0 Å². The quantitative estimate of drug-likeness (QED) is 0.385. The fourth-order valence-corrected chi connectivity index (χ4v) is 3.21. The lowest BCUT2D eigenvalue weighted by molar-refractivity contribution is -0.137. The molecule has 0 radical (unpaired) electrons. The normalized spacial score (nSPS) is 12.1. The number of furan rings is 1. The van der Waals surface area contributed by atoms with E-state index in [4.69, 9.17) is 39.2 Å². The van der Waals surface area contributed by atoms with E-state index in [0.717, 1.165) is 18.2 Å². The highest BCUT2D eigenvalue weighted by Gasteiger charge is 2.31. The van der Waals surface area contributed by atoms with Gasteiger partial charge in [-0.15, -0.1) is 0 Å². The third-order valence-electron chi connectivity index (χ3n) is 3.81. The Hall–Kier alpha value is -2.39. The molecule has 28 heavy (non-hydrogen) atoms. The Labute approximate surface area is 173 Å². The predicted octanol–water partition coefficient (Wildman–Crippen LogP) is 7.99. The van der Waals surface area contributed by atoms with E-state index in [-0.39, 0.29) is 32.7 Å². The van der Waals surface area contributed by atoms with Gasteiger partial charge in [-0.05, 0) is 48.5 Å². The van der Waals surface area contributed by atoms with Crippen LogP contribution in [0.3, 0.4) is 0 Å². The molecule has 0 aliphatic carbocycles. The number of rotatable bonds is 3. The number of halogens is 6. The molecule has 1 heterocycles. The fourth-order valence-electron chi connectivity index (χ4n) is 2.49. The van der Waals surface area contributed by atoms with Crippen LogP contribution in [-0.4, -0.2) is 0 Å². The lowest BCUT2D eigenvalue weighted by Crippen LogP contribution is -2.04. The smallest absolute Gasteiger partial charge is 0.416 e. The van der Waals surface area contributed by atoms with E-state index in [9.17, 15) is 18.4 Å². The predicted molar refractivity (Wildman–Crippen MR) is 104 cm³/mol. The van der Waals surface area contributed by atoms with E-state index in [1.54, 1.807) is 12.1 Å². The van der Waals surface area contributed by atoms with Crippen molar-refractivity contribution in [1.82, 2.24) is 0 Å². The molecule has 3 aromatic rings. The van der Waals surface area contributed by atoms with Crippen LogP contribution in [0.1, 0.15) is 16.9 Å². The van der Waals surface area contributed by atoms with Gasteiger partial charge in [0.15, 0.2) is 0 Å². The van der Waals surface area contributed by atoms with Gasteiger partial charge in [0.2, 0.25) is 0 Å². The third kappa shape index (κ3) is 4.36. The van der Waals surface area contributed by atoms with Crippen LogP contribution in [0.4, 0.5) is 13.2 Å². The SMILES string of the molecule is N#C/C(=C\c1ccc(-c2cc(C(F)(F)F)ccc2Cl)o1)c1ccc(Cl)cc1Cl. The number of nitriles is 1. The maximum absolute atomic E-state index is 13.0. The van der Waals surface area contributed by atoms with Crippen LogP contribution in [0.2, 0.25) is 15.1 Å². The Bertz CT molecular complexity index is 1110. The van der Waals surface area contributed by atoms with Gasteiger partial charge < -0.3 is 4.42 Å². The van der Waals surface area contributed by atoms with Gasteiger partial charge in [0.05, 0.1) is 27.3 Å². The fraction of sp³-hybridized carbons (Fsp3) is 0.0500. The van der Waals surface area contributed by atoms with E-state index in [2.05, 4.69) is 0 Å². The summed E-state index contributed by atoms with van der Waals surface area (Å²) in [5.41, 5.74) is -0.0912. The second-order valence-corrected chi connectivity index (χ2v) is 6.94. The van der Waals surface area contributed by atoms with Gasteiger partial charge >= 0.3 is 6.18 Å². The molecule has 2 nitrogen and oxygen atoms in total. The van der Waals surface area contributed by atoms with Gasteiger partial charge in [0, 0.05) is 16.1 Å². The van der Waals surface area contributed by atoms with Gasteiger partial charge in [-0.2, -0.15) is 18.4 Å². The maximum Gasteiger partial charge on any atom is 0.416 e. The first-order chi connectivity index (χ1) is 13.2. The highest BCUT2D eigenvalue weighted by molar-refractivity contribution is 6.36. The first kappa shape index (κ1) is 20.3. The standard InChI is InChI=1S/C20H9Cl3F3NO/c21-13-2-4-15(18(23)9-13)11(10-27)7-14-3-6-19(28-14)16-8-12(20(24,25)26)1-5-17(16)22/h1-9H/b11-7+. The van der Waals surface area contributed by atoms with E-state index in [0.29, 0.717) is 10.6 Å². The van der Waals surface area contributed by atoms with Crippen molar-refractivity contribution in [2.24, 2.45) is 0 Å². The van der Waals surface area contributed by atoms with E-state index < -0.39 is 11.7 Å². The monoisotopic (exact) mass is 441 g/mol. The molecule has 0 saturated carbocycles. The zero-order valence-corrected chi connectivity index (χ0v) is 16.1. The number of alkyl halides is 3. The van der Waals surface area contributed by atoms with Crippen LogP contribution in [0.25, 0.3) is 23.0 Å². The average molecular weight is 443 g/mol. The van der Waals surface area contributed by atoms with Crippen molar-refractivity contribution in [3.8, 4) is 17.4 Å². The van der Waals surface area contributed by atoms with Crippen LogP contribution < -0.4 is 0 Å². The van der Waals surface area contributed by atoms with Crippen molar-refractivity contribution in [2.45, 2.75) is 6.18 Å². The summed E-state index contributed by atoms with van der Waals surface area (Å²) in [7, 11) is 0. The van der Waals surface area contributed by atoms with E-state index in [1.807, 2.05) is 6.07 Å². The Kier molecular flexibility index (Phi) is 5.76. The van der Waals surface area contributed by atoms with Crippen LogP contribution in [0.15, 0.2) is 52.9 Å². The first-order valence-electron chi connectivity index (χ1n) is 7.73. The minimum absolute atomic E-state index is 0.0965. The molecule has 0 aliphatic heterocycles. The van der Waals surface area contributed by atoms with Crippen molar-refractivity contribution >= 4 is 46.5 Å². The molecule has 1 aromatic heterocycles. The summed E-state index contributed by atoms with van der Waals surface area (Å²) in [5, 5.41) is 10.2. The summed E-state index contributed by atoms with van der Waals surface area (Å²) in [5.74, 6) is 0.396. The highest BCUT2D eigenvalue weighted by Crippen LogP contribution is 2.37. The Morgan fingerprint density at radius 2 is 1.71 bits per heavy atom. The summed E-state index contributed by atoms with van der Waals surface area (Å²) in [6, 6.07) is 12.7.